The minimum Gasteiger partial charge on any atom is -0.452 e. The fourth-order valence-corrected chi connectivity index (χ4v) is 1.34. The SMILES string of the molecule is CCCC(Br)C(=O)OCC#CI. The first kappa shape index (κ1) is 12.2. The monoisotopic (exact) mass is 344 g/mol. The van der Waals surface area contributed by atoms with Crippen LogP contribution >= 0.6 is 38.5 Å². The summed E-state index contributed by atoms with van der Waals surface area (Å²) in [6, 6.07) is 0. The maximum atomic E-state index is 11.1. The van der Waals surface area contributed by atoms with Crippen LogP contribution in [0.2, 0.25) is 0 Å². The lowest BCUT2D eigenvalue weighted by Crippen LogP contribution is -2.17. The van der Waals surface area contributed by atoms with Gasteiger partial charge in [-0.05, 0) is 10.3 Å². The molecule has 0 N–H and O–H groups in total. The zero-order valence-electron chi connectivity index (χ0n) is 6.77. The largest absolute Gasteiger partial charge is 0.452 e. The lowest BCUT2D eigenvalue weighted by Gasteiger charge is -2.05. The minimum absolute atomic E-state index is 0.182. The molecule has 0 spiro atoms. The number of esters is 1. The Labute approximate surface area is 94.7 Å². The average molecular weight is 345 g/mol. The maximum Gasteiger partial charge on any atom is 0.320 e. The van der Waals surface area contributed by atoms with E-state index in [0.717, 1.165) is 12.8 Å². The molecule has 0 bridgehead atoms. The number of alkyl halides is 1. The molecule has 68 valence electrons. The molecule has 0 aromatic carbocycles. The molecular formula is C8H10BrIO2. The Morgan fingerprint density at radius 3 is 2.92 bits per heavy atom. The second kappa shape index (κ2) is 7.87. The molecule has 0 rings (SSSR count). The molecule has 0 saturated heterocycles. The normalized spacial score (nSPS) is 11.2. The van der Waals surface area contributed by atoms with Gasteiger partial charge in [-0.2, -0.15) is 0 Å². The topological polar surface area (TPSA) is 26.3 Å². The number of rotatable bonds is 4. The smallest absolute Gasteiger partial charge is 0.320 e. The number of ether oxygens (including phenoxy) is 1. The van der Waals surface area contributed by atoms with Gasteiger partial charge in [-0.25, -0.2) is 0 Å². The molecule has 4 heteroatoms. The molecule has 0 aliphatic heterocycles. The van der Waals surface area contributed by atoms with Crippen molar-refractivity contribution in [2.45, 2.75) is 24.6 Å². The Morgan fingerprint density at radius 1 is 1.75 bits per heavy atom. The molecule has 0 saturated carbocycles. The molecular weight excluding hydrogens is 335 g/mol. The molecule has 0 fully saturated rings. The highest BCUT2D eigenvalue weighted by molar-refractivity contribution is 14.1. The van der Waals surface area contributed by atoms with Crippen molar-refractivity contribution in [2.75, 3.05) is 6.61 Å². The van der Waals surface area contributed by atoms with Crippen LogP contribution in [-0.2, 0) is 9.53 Å². The Balaban J connectivity index is 3.61. The zero-order valence-corrected chi connectivity index (χ0v) is 10.5. The van der Waals surface area contributed by atoms with E-state index < -0.39 is 0 Å². The fraction of sp³-hybridized carbons (Fsp3) is 0.625. The quantitative estimate of drug-likeness (QED) is 0.339. The van der Waals surface area contributed by atoms with Crippen LogP contribution in [0, 0.1) is 9.85 Å². The van der Waals surface area contributed by atoms with Gasteiger partial charge in [0, 0.05) is 22.6 Å². The van der Waals surface area contributed by atoms with E-state index in [1.54, 1.807) is 0 Å². The predicted octanol–water partition coefficient (Wildman–Crippen LogP) is 2.49. The lowest BCUT2D eigenvalue weighted by molar-refractivity contribution is -0.141. The minimum atomic E-state index is -0.226. The van der Waals surface area contributed by atoms with Crippen LogP contribution < -0.4 is 0 Å². The summed E-state index contributed by atoms with van der Waals surface area (Å²) in [5.41, 5.74) is 0. The van der Waals surface area contributed by atoms with Gasteiger partial charge in [0.25, 0.3) is 0 Å². The summed E-state index contributed by atoms with van der Waals surface area (Å²) in [4.78, 5) is 10.9. The number of hydrogen-bond donors (Lipinski definition) is 0. The van der Waals surface area contributed by atoms with Crippen molar-refractivity contribution in [3.05, 3.63) is 0 Å². The van der Waals surface area contributed by atoms with Gasteiger partial charge in [0.2, 0.25) is 0 Å². The second-order valence-corrected chi connectivity index (χ2v) is 3.78. The average Bonchev–Trinajstić information content (AvgIpc) is 2.05. The Bertz CT molecular complexity index is 195. The van der Waals surface area contributed by atoms with Crippen LogP contribution in [0.1, 0.15) is 19.8 Å². The van der Waals surface area contributed by atoms with E-state index in [0.29, 0.717) is 0 Å². The summed E-state index contributed by atoms with van der Waals surface area (Å²) in [7, 11) is 0. The van der Waals surface area contributed by atoms with Crippen molar-refractivity contribution in [2.24, 2.45) is 0 Å². The number of halogens is 2. The van der Waals surface area contributed by atoms with E-state index in [9.17, 15) is 4.79 Å². The number of carbonyl (C=O) groups is 1. The van der Waals surface area contributed by atoms with Crippen molar-refractivity contribution in [1.29, 1.82) is 0 Å². The highest BCUT2D eigenvalue weighted by atomic mass is 127. The number of carbonyl (C=O) groups excluding carboxylic acids is 1. The summed E-state index contributed by atoms with van der Waals surface area (Å²) >= 11 is 5.14. The van der Waals surface area contributed by atoms with Gasteiger partial charge in [-0.15, -0.1) is 0 Å². The van der Waals surface area contributed by atoms with Gasteiger partial charge in [0.15, 0.2) is 6.61 Å². The van der Waals surface area contributed by atoms with E-state index in [1.165, 1.54) is 0 Å². The van der Waals surface area contributed by atoms with Crippen LogP contribution in [0.15, 0.2) is 0 Å². The molecule has 0 aromatic rings. The highest BCUT2D eigenvalue weighted by Crippen LogP contribution is 2.09. The van der Waals surface area contributed by atoms with Crippen molar-refractivity contribution < 1.29 is 9.53 Å². The Kier molecular flexibility index (Phi) is 8.02. The molecule has 2 nitrogen and oxygen atoms in total. The van der Waals surface area contributed by atoms with Gasteiger partial charge >= 0.3 is 5.97 Å². The van der Waals surface area contributed by atoms with E-state index >= 15 is 0 Å². The van der Waals surface area contributed by atoms with Crippen LogP contribution in [0.3, 0.4) is 0 Å². The standard InChI is InChI=1S/C8H10BrIO2/c1-2-4-7(9)8(11)12-6-3-5-10/h7H,2,4,6H2,1H3. The van der Waals surface area contributed by atoms with Crippen LogP contribution in [0.25, 0.3) is 0 Å². The maximum absolute atomic E-state index is 11.1. The third kappa shape index (κ3) is 5.84. The molecule has 1 unspecified atom stereocenters. The van der Waals surface area contributed by atoms with Crippen LogP contribution in [0.5, 0.6) is 0 Å². The second-order valence-electron chi connectivity index (χ2n) is 2.14. The fourth-order valence-electron chi connectivity index (χ4n) is 0.596. The molecule has 12 heavy (non-hydrogen) atoms. The van der Waals surface area contributed by atoms with Crippen LogP contribution in [0.4, 0.5) is 0 Å². The summed E-state index contributed by atoms with van der Waals surface area (Å²) in [5, 5.41) is 0. The summed E-state index contributed by atoms with van der Waals surface area (Å²) < 4.78 is 7.45. The highest BCUT2D eigenvalue weighted by Gasteiger charge is 2.13. The zero-order chi connectivity index (χ0) is 9.40. The van der Waals surface area contributed by atoms with E-state index in [1.807, 2.05) is 29.5 Å². The van der Waals surface area contributed by atoms with Gasteiger partial charge in [-0.1, -0.05) is 35.2 Å². The van der Waals surface area contributed by atoms with Crippen molar-refractivity contribution >= 4 is 44.5 Å². The molecule has 0 heterocycles. The van der Waals surface area contributed by atoms with Crippen molar-refractivity contribution in [1.82, 2.24) is 0 Å². The Morgan fingerprint density at radius 2 is 2.42 bits per heavy atom. The van der Waals surface area contributed by atoms with Crippen LogP contribution in [-0.4, -0.2) is 17.4 Å². The van der Waals surface area contributed by atoms with E-state index in [-0.39, 0.29) is 17.4 Å². The van der Waals surface area contributed by atoms with Crippen molar-refractivity contribution in [3.63, 3.8) is 0 Å². The Hall–Kier alpha value is 0.240. The van der Waals surface area contributed by atoms with Crippen molar-refractivity contribution in [3.8, 4) is 9.85 Å². The van der Waals surface area contributed by atoms with Gasteiger partial charge in [0.05, 0.1) is 0 Å². The number of hydrogen-bond acceptors (Lipinski definition) is 2. The molecule has 0 aliphatic carbocycles. The van der Waals surface area contributed by atoms with E-state index in [4.69, 9.17) is 4.74 Å². The van der Waals surface area contributed by atoms with E-state index in [2.05, 4.69) is 25.8 Å². The molecule has 0 amide bonds. The lowest BCUT2D eigenvalue weighted by atomic mass is 10.2. The molecule has 0 aliphatic rings. The summed E-state index contributed by atoms with van der Waals surface area (Å²) in [6.07, 6.45) is 1.76. The predicted molar refractivity (Wildman–Crippen MR) is 60.4 cm³/mol. The molecule has 0 radical (unpaired) electrons. The van der Waals surface area contributed by atoms with Gasteiger partial charge in [0.1, 0.15) is 4.83 Å². The molecule has 0 aromatic heterocycles. The first-order valence-corrected chi connectivity index (χ1v) is 5.61. The first-order valence-electron chi connectivity index (χ1n) is 3.61. The molecule has 1 atom stereocenters. The summed E-state index contributed by atoms with van der Waals surface area (Å²) in [6.45, 7) is 2.21. The third-order valence-electron chi connectivity index (χ3n) is 1.15. The summed E-state index contributed by atoms with van der Waals surface area (Å²) in [5.74, 6) is 2.42. The van der Waals surface area contributed by atoms with Gasteiger partial charge < -0.3 is 4.74 Å². The first-order chi connectivity index (χ1) is 5.72. The van der Waals surface area contributed by atoms with Gasteiger partial charge in [-0.3, -0.25) is 4.79 Å². The third-order valence-corrected chi connectivity index (χ3v) is 2.36.